The minimum atomic E-state index is -1.38. The Hall–Kier alpha value is -5.89. The second kappa shape index (κ2) is 19.8. The van der Waals surface area contributed by atoms with E-state index in [1.54, 1.807) is 33.5 Å². The number of H-pyrrole nitrogens is 1. The van der Waals surface area contributed by atoms with E-state index in [9.17, 15) is 19.2 Å². The van der Waals surface area contributed by atoms with E-state index in [2.05, 4.69) is 36.3 Å². The molecule has 2 aliphatic rings. The zero-order valence-corrected chi connectivity index (χ0v) is 30.9. The number of fused-ring (bicyclic) bond motifs is 2. The van der Waals surface area contributed by atoms with Crippen LogP contribution >= 0.6 is 35.9 Å². The molecule has 17 nitrogen and oxygen atoms in total. The van der Waals surface area contributed by atoms with Crippen molar-refractivity contribution >= 4 is 71.3 Å². The van der Waals surface area contributed by atoms with Crippen molar-refractivity contribution in [3.8, 4) is 0 Å². The fourth-order valence-electron chi connectivity index (χ4n) is 4.68. The van der Waals surface area contributed by atoms with E-state index in [4.69, 9.17) is 22.0 Å². The summed E-state index contributed by atoms with van der Waals surface area (Å²) in [4.78, 5) is 53.9. The monoisotopic (exact) mass is 792 g/mol. The van der Waals surface area contributed by atoms with Gasteiger partial charge in [-0.25, -0.2) is 14.8 Å². The molecular weight excluding hydrogens is 756 g/mol. The number of aromatic amines is 1. The zero-order chi connectivity index (χ0) is 37.7. The van der Waals surface area contributed by atoms with Crippen LogP contribution < -0.4 is 27.6 Å². The Kier molecular flexibility index (Phi) is 15.0. The Balaban J connectivity index is 0.000000197. The lowest BCUT2D eigenvalue weighted by atomic mass is 10.1. The lowest BCUT2D eigenvalue weighted by Gasteiger charge is -2.13. The molecule has 7 rings (SSSR count). The van der Waals surface area contributed by atoms with Crippen molar-refractivity contribution in [1.29, 1.82) is 5.41 Å². The average molecular weight is 793 g/mol. The first-order valence-electron chi connectivity index (χ1n) is 16.0. The summed E-state index contributed by atoms with van der Waals surface area (Å²) in [7, 11) is 0. The van der Waals surface area contributed by atoms with E-state index in [0.29, 0.717) is 30.2 Å². The summed E-state index contributed by atoms with van der Waals surface area (Å²) in [6.45, 7) is 0. The molecule has 20 heteroatoms. The number of carbonyl (C=O) groups is 4. The topological polar surface area (TPSA) is 264 Å². The Morgan fingerprint density at radius 3 is 2.07 bits per heavy atom. The number of halogens is 1. The largest absolute Gasteiger partial charge is 0.475 e. The molecule has 3 aromatic heterocycles. The summed E-state index contributed by atoms with van der Waals surface area (Å²) in [6, 6.07) is 25.6. The third-order valence-corrected chi connectivity index (χ3v) is 9.57. The summed E-state index contributed by atoms with van der Waals surface area (Å²) in [5.74, 6) is -1.21. The standard InChI is InChI=1S/C17H16N6O2S.C10H11N3O2.C7H9N3OS.ClH/c24-16-12(10-26-14-7-4-8-23(14)22-16)18-17(25)15-19-13(20-21-15)9-11-5-2-1-3-6-11;11-8(13-9(12)10(14)15)6-7-4-2-1-3-5-7;8-5-4-12-6-2-1-3-10(6)9-7(5)11;/h1-8,12H,9-10H2,(H,18,25)(H,22,24)(H,19,20,21);1-5H,6H2,(H,14,15)(H3,11,12,13);1-3,5H,4,8H2,(H,9,11);1H/t12-;;5-;/m0.0./s1. The van der Waals surface area contributed by atoms with Gasteiger partial charge < -0.3 is 21.9 Å². The Morgan fingerprint density at radius 1 is 0.889 bits per heavy atom. The fourth-order valence-corrected chi connectivity index (χ4v) is 6.59. The van der Waals surface area contributed by atoms with Crippen molar-refractivity contribution in [3.05, 3.63) is 120 Å². The highest BCUT2D eigenvalue weighted by molar-refractivity contribution is 7.99. The van der Waals surface area contributed by atoms with E-state index < -0.39 is 29.8 Å². The molecule has 54 heavy (non-hydrogen) atoms. The molecule has 0 radical (unpaired) electrons. The van der Waals surface area contributed by atoms with Crippen LogP contribution in [0.2, 0.25) is 0 Å². The van der Waals surface area contributed by atoms with Crippen molar-refractivity contribution in [2.75, 3.05) is 22.4 Å². The molecule has 3 amide bonds. The Morgan fingerprint density at radius 2 is 1.46 bits per heavy atom. The van der Waals surface area contributed by atoms with Crippen LogP contribution in [-0.4, -0.2) is 88.6 Å². The van der Waals surface area contributed by atoms with Crippen LogP contribution in [0.4, 0.5) is 0 Å². The zero-order valence-electron chi connectivity index (χ0n) is 28.4. The van der Waals surface area contributed by atoms with Crippen molar-refractivity contribution < 1.29 is 24.3 Å². The van der Waals surface area contributed by atoms with E-state index >= 15 is 0 Å². The van der Waals surface area contributed by atoms with Crippen molar-refractivity contribution in [2.45, 2.75) is 35.0 Å². The van der Waals surface area contributed by atoms with Gasteiger partial charge in [-0.15, -0.1) is 41.0 Å². The van der Waals surface area contributed by atoms with Crippen LogP contribution in [-0.2, 0) is 27.2 Å². The fraction of sp³-hybridized carbons (Fsp3) is 0.176. The number of aromatic nitrogens is 5. The third kappa shape index (κ3) is 11.8. The van der Waals surface area contributed by atoms with Gasteiger partial charge in [0, 0.05) is 36.7 Å². The predicted octanol–water partition coefficient (Wildman–Crippen LogP) is 2.23. The number of nitrogens with one attached hydrogen (secondary N) is 5. The first kappa shape index (κ1) is 40.9. The molecule has 5 aromatic rings. The van der Waals surface area contributed by atoms with E-state index in [1.165, 1.54) is 11.8 Å². The number of aliphatic imine (C=N–C) groups is 1. The van der Waals surface area contributed by atoms with Crippen LogP contribution in [0.1, 0.15) is 27.6 Å². The summed E-state index contributed by atoms with van der Waals surface area (Å²) < 4.78 is 3.34. The number of hydrogen-bond acceptors (Lipinski definition) is 10. The molecule has 2 aromatic carbocycles. The molecule has 0 fully saturated rings. The van der Waals surface area contributed by atoms with Crippen LogP contribution in [0.15, 0.2) is 112 Å². The Bertz CT molecular complexity index is 2090. The van der Waals surface area contributed by atoms with Crippen molar-refractivity contribution in [3.63, 3.8) is 0 Å². The highest BCUT2D eigenvalue weighted by atomic mass is 35.5. The lowest BCUT2D eigenvalue weighted by molar-refractivity contribution is -0.129. The van der Waals surface area contributed by atoms with Gasteiger partial charge >= 0.3 is 5.97 Å². The van der Waals surface area contributed by atoms with Gasteiger partial charge in [0.25, 0.3) is 17.7 Å². The smallest absolute Gasteiger partial charge is 0.373 e. The van der Waals surface area contributed by atoms with Gasteiger partial charge in [0.2, 0.25) is 11.7 Å². The molecule has 0 saturated carbocycles. The van der Waals surface area contributed by atoms with Gasteiger partial charge in [0.15, 0.2) is 0 Å². The number of hydrogen-bond donors (Lipinski definition) is 8. The molecule has 0 unspecified atom stereocenters. The number of carbonyl (C=O) groups excluding carboxylic acids is 3. The van der Waals surface area contributed by atoms with Crippen molar-refractivity contribution in [2.24, 2.45) is 16.5 Å². The maximum Gasteiger partial charge on any atom is 0.373 e. The summed E-state index contributed by atoms with van der Waals surface area (Å²) >= 11 is 3.07. The molecule has 2 atom stereocenters. The Labute approximate surface area is 323 Å². The van der Waals surface area contributed by atoms with Crippen molar-refractivity contribution in [1.82, 2.24) is 29.9 Å². The molecule has 0 saturated heterocycles. The highest BCUT2D eigenvalue weighted by Crippen LogP contribution is 2.22. The maximum absolute atomic E-state index is 12.4. The molecule has 282 valence electrons. The van der Waals surface area contributed by atoms with Gasteiger partial charge in [-0.3, -0.25) is 45.1 Å². The van der Waals surface area contributed by atoms with Gasteiger partial charge in [0.05, 0.1) is 16.1 Å². The number of aliphatic carboxylic acids is 1. The molecule has 10 N–H and O–H groups in total. The number of nitrogens with zero attached hydrogens (tertiary/aromatic N) is 5. The quantitative estimate of drug-likeness (QED) is 0.0913. The first-order valence-corrected chi connectivity index (χ1v) is 18.0. The number of carboxylic acid groups (broad SMARTS) is 1. The lowest BCUT2D eigenvalue weighted by Crippen LogP contribution is -2.46. The van der Waals surface area contributed by atoms with Crippen LogP contribution in [0.5, 0.6) is 0 Å². The second-order valence-electron chi connectivity index (χ2n) is 11.3. The third-order valence-electron chi connectivity index (χ3n) is 7.29. The number of amides is 3. The summed E-state index contributed by atoms with van der Waals surface area (Å²) in [5.41, 5.74) is 18.5. The number of nitrogens with two attached hydrogens (primary N) is 2. The number of benzene rings is 2. The number of carboxylic acids is 1. The van der Waals surface area contributed by atoms with E-state index in [0.717, 1.165) is 21.2 Å². The maximum atomic E-state index is 12.4. The molecular formula is C34H37ClN12O5S2. The minimum Gasteiger partial charge on any atom is -0.475 e. The van der Waals surface area contributed by atoms with Crippen LogP contribution in [0, 0.1) is 5.41 Å². The summed E-state index contributed by atoms with van der Waals surface area (Å²) in [5, 5.41) is 26.8. The minimum absolute atomic E-state index is 0. The number of amidine groups is 2. The molecule has 0 spiro atoms. The summed E-state index contributed by atoms with van der Waals surface area (Å²) in [6.07, 6.45) is 4.46. The van der Waals surface area contributed by atoms with E-state index in [1.807, 2.05) is 84.9 Å². The predicted molar refractivity (Wildman–Crippen MR) is 208 cm³/mol. The van der Waals surface area contributed by atoms with Gasteiger partial charge in [-0.05, 0) is 35.4 Å². The number of rotatable bonds is 6. The van der Waals surface area contributed by atoms with Crippen LogP contribution in [0.3, 0.4) is 0 Å². The second-order valence-corrected chi connectivity index (χ2v) is 13.4. The average Bonchev–Trinajstić information content (AvgIpc) is 3.88. The van der Waals surface area contributed by atoms with Gasteiger partial charge in [-0.1, -0.05) is 60.7 Å². The number of thioether (sulfide) groups is 2. The van der Waals surface area contributed by atoms with E-state index in [-0.39, 0.29) is 35.9 Å². The molecule has 2 aliphatic heterocycles. The normalized spacial score (nSPS) is 16.1. The first-order chi connectivity index (χ1) is 25.5. The molecule has 0 aliphatic carbocycles. The molecule has 0 bridgehead atoms. The van der Waals surface area contributed by atoms with Crippen LogP contribution in [0.25, 0.3) is 0 Å². The van der Waals surface area contributed by atoms with Gasteiger partial charge in [0.1, 0.15) is 17.7 Å². The SMILES string of the molecule is Cl.N=C(N=C(N)Cc1ccccc1)C(=O)O.N[C@H]1CSc2cccn2NC1=O.O=C(N[C@H]1CSc2cccn2NC1=O)c1n[nH]c(Cc2ccccc2)n1. The highest BCUT2D eigenvalue weighted by Gasteiger charge is 2.27. The van der Waals surface area contributed by atoms with Gasteiger partial charge in [-0.2, -0.15) is 0 Å². The molecule has 5 heterocycles.